The number of hydrogen-bond acceptors (Lipinski definition) is 6. The first-order valence-corrected chi connectivity index (χ1v) is 17.8. The van der Waals surface area contributed by atoms with E-state index in [1.165, 1.54) is 29.3 Å². The van der Waals surface area contributed by atoms with Crippen LogP contribution in [0.1, 0.15) is 94.6 Å². The topological polar surface area (TPSA) is 125 Å². The number of carbonyl (C=O) groups excluding carboxylic acids is 4. The van der Waals surface area contributed by atoms with Crippen LogP contribution in [-0.2, 0) is 26.3 Å². The fourth-order valence-corrected chi connectivity index (χ4v) is 6.34. The average molecular weight is 745 g/mol. The number of piperidine rings is 1. The van der Waals surface area contributed by atoms with E-state index in [2.05, 4.69) is 34.9 Å². The van der Waals surface area contributed by atoms with Gasteiger partial charge in [0.05, 0.1) is 17.6 Å². The minimum absolute atomic E-state index is 0.0198. The number of benzene rings is 1. The summed E-state index contributed by atoms with van der Waals surface area (Å²) in [5.74, 6) is -2.69. The molecule has 290 valence electrons. The second-order valence-electron chi connectivity index (χ2n) is 13.6. The van der Waals surface area contributed by atoms with Crippen molar-refractivity contribution in [3.63, 3.8) is 0 Å². The molecule has 1 aromatic carbocycles. The molecule has 1 aliphatic heterocycles. The molecule has 2 heterocycles. The number of halogens is 6. The molecule has 3 unspecified atom stereocenters. The maximum Gasteiger partial charge on any atom is 0.391 e. The monoisotopic (exact) mass is 744 g/mol. The van der Waals surface area contributed by atoms with Crippen molar-refractivity contribution in [3.8, 4) is 0 Å². The summed E-state index contributed by atoms with van der Waals surface area (Å²) < 4.78 is 79.2. The maximum absolute atomic E-state index is 15.3. The first-order chi connectivity index (χ1) is 24.6. The number of anilines is 1. The van der Waals surface area contributed by atoms with Crippen LogP contribution in [0.2, 0.25) is 0 Å². The number of rotatable bonds is 16. The highest BCUT2D eigenvalue weighted by Crippen LogP contribution is 2.52. The summed E-state index contributed by atoms with van der Waals surface area (Å²) in [7, 11) is 1.69. The summed E-state index contributed by atoms with van der Waals surface area (Å²) in [4.78, 5) is 50.4. The Labute approximate surface area is 300 Å². The molecule has 3 atom stereocenters. The van der Waals surface area contributed by atoms with Gasteiger partial charge in [0.15, 0.2) is 6.29 Å². The Kier molecular flexibility index (Phi) is 15.7. The van der Waals surface area contributed by atoms with Crippen LogP contribution in [0.15, 0.2) is 30.5 Å². The van der Waals surface area contributed by atoms with Gasteiger partial charge in [-0.1, -0.05) is 46.1 Å². The van der Waals surface area contributed by atoms with E-state index in [0.29, 0.717) is 37.0 Å². The lowest BCUT2D eigenvalue weighted by molar-refractivity contribution is -0.186. The van der Waals surface area contributed by atoms with E-state index in [1.54, 1.807) is 20.0 Å². The van der Waals surface area contributed by atoms with Crippen molar-refractivity contribution < 1.29 is 45.5 Å². The summed E-state index contributed by atoms with van der Waals surface area (Å²) >= 11 is 0. The van der Waals surface area contributed by atoms with Crippen molar-refractivity contribution in [2.45, 2.75) is 115 Å². The number of hydrogen-bond donors (Lipinski definition) is 3. The molecular weight excluding hydrogens is 694 g/mol. The van der Waals surface area contributed by atoms with Gasteiger partial charge in [0.25, 0.3) is 6.43 Å². The van der Waals surface area contributed by atoms with Crippen LogP contribution < -0.4 is 16.0 Å². The minimum atomic E-state index is -4.31. The number of alkyl halides is 5. The van der Waals surface area contributed by atoms with Gasteiger partial charge in [0.2, 0.25) is 17.7 Å². The zero-order valence-electron chi connectivity index (χ0n) is 30.1. The van der Waals surface area contributed by atoms with E-state index >= 15 is 4.39 Å². The van der Waals surface area contributed by atoms with Crippen LogP contribution in [0.3, 0.4) is 0 Å². The highest BCUT2D eigenvalue weighted by molar-refractivity contribution is 5.95. The Hall–Kier alpha value is -3.95. The van der Waals surface area contributed by atoms with Gasteiger partial charge in [-0.2, -0.15) is 18.3 Å². The number of amides is 3. The minimum Gasteiger partial charge on any atom is -0.343 e. The normalized spacial score (nSPS) is 17.4. The van der Waals surface area contributed by atoms with Gasteiger partial charge in [-0.3, -0.25) is 23.9 Å². The third-order valence-corrected chi connectivity index (χ3v) is 10.0. The fourth-order valence-electron chi connectivity index (χ4n) is 6.34. The Morgan fingerprint density at radius 2 is 1.75 bits per heavy atom. The number of nitrogens with zero attached hydrogens (tertiary/aromatic N) is 3. The van der Waals surface area contributed by atoms with Crippen LogP contribution in [-0.4, -0.2) is 83.5 Å². The van der Waals surface area contributed by atoms with Gasteiger partial charge in [-0.05, 0) is 68.8 Å². The molecule has 2 fully saturated rings. The molecule has 3 amide bonds. The summed E-state index contributed by atoms with van der Waals surface area (Å²) in [5, 5.41) is 12.0. The van der Waals surface area contributed by atoms with Crippen molar-refractivity contribution in [1.29, 1.82) is 0 Å². The highest BCUT2D eigenvalue weighted by atomic mass is 19.4. The van der Waals surface area contributed by atoms with Crippen LogP contribution in [0.5, 0.6) is 0 Å². The molecule has 0 bridgehead atoms. The van der Waals surface area contributed by atoms with E-state index in [9.17, 15) is 41.1 Å². The number of aldehydes is 1. The summed E-state index contributed by atoms with van der Waals surface area (Å²) in [6, 6.07) is 4.30. The molecule has 4 rings (SSSR count). The molecule has 0 spiro atoms. The number of likely N-dealkylation sites (tertiary alicyclic amines) is 1. The number of likely N-dealkylation sites (N-methyl/N-ethyl adjacent to an activating group) is 1. The van der Waals surface area contributed by atoms with Gasteiger partial charge in [-0.15, -0.1) is 0 Å². The van der Waals surface area contributed by atoms with Gasteiger partial charge in [0, 0.05) is 31.1 Å². The van der Waals surface area contributed by atoms with Crippen molar-refractivity contribution in [2.24, 2.45) is 11.8 Å². The van der Waals surface area contributed by atoms with Crippen LogP contribution in [0, 0.1) is 17.7 Å². The van der Waals surface area contributed by atoms with Crippen LogP contribution in [0.4, 0.5) is 32.0 Å². The van der Waals surface area contributed by atoms with Crippen LogP contribution in [0.25, 0.3) is 0 Å². The predicted molar refractivity (Wildman–Crippen MR) is 183 cm³/mol. The molecule has 2 aliphatic rings. The molecule has 1 aliphatic carbocycles. The van der Waals surface area contributed by atoms with Crippen LogP contribution >= 0.6 is 0 Å². The third kappa shape index (κ3) is 11.5. The summed E-state index contributed by atoms with van der Waals surface area (Å²) in [5.41, 5.74) is -0.168. The second-order valence-corrected chi connectivity index (χ2v) is 13.6. The van der Waals surface area contributed by atoms with Gasteiger partial charge < -0.3 is 20.9 Å². The van der Waals surface area contributed by atoms with E-state index in [4.69, 9.17) is 0 Å². The van der Waals surface area contributed by atoms with Gasteiger partial charge in [-0.25, -0.2) is 13.2 Å². The molecule has 3 N–H and O–H groups in total. The van der Waals surface area contributed by atoms with Crippen molar-refractivity contribution in [2.75, 3.05) is 25.5 Å². The molecule has 52 heavy (non-hydrogen) atoms. The maximum atomic E-state index is 15.3. The highest BCUT2D eigenvalue weighted by Gasteiger charge is 2.56. The Morgan fingerprint density at radius 3 is 2.27 bits per heavy atom. The lowest BCUT2D eigenvalue weighted by Gasteiger charge is -2.37. The lowest BCUT2D eigenvalue weighted by atomic mass is 9.85. The zero-order valence-corrected chi connectivity index (χ0v) is 30.1. The Balaban J connectivity index is 0.000000564. The number of carbonyl (C=O) groups is 4. The smallest absolute Gasteiger partial charge is 0.343 e. The first kappa shape index (κ1) is 42.5. The van der Waals surface area contributed by atoms with E-state index < -0.39 is 54.3 Å². The zero-order chi connectivity index (χ0) is 38.6. The Morgan fingerprint density at radius 1 is 1.08 bits per heavy atom. The number of aromatic nitrogens is 2. The molecule has 1 aromatic heterocycles. The van der Waals surface area contributed by atoms with E-state index in [1.807, 2.05) is 0 Å². The standard InChI is InChI=1S/C30H44F4N4O3.C6H6F2N2O/c1-5-19(3)8-7-9-24(35-4)27(40)36-23-11-10-21(18-22(23)31)29(14-15-29)26(37-25(39)6-2)28(41)38-16-12-20(13-17-38)30(32,33)34;7-6(8)3-10-5(4-11)1-2-9-10/h10-11,18-20,24,26,35H,5-9,12-17H2,1-4H3,(H,36,40)(H,37,39);1-2,4,6H,3H2. The van der Waals surface area contributed by atoms with E-state index in [0.717, 1.165) is 23.9 Å². The molecule has 2 aromatic rings. The molecule has 16 heteroatoms. The summed E-state index contributed by atoms with van der Waals surface area (Å²) in [6.45, 7) is 5.30. The predicted octanol–water partition coefficient (Wildman–Crippen LogP) is 6.26. The molecule has 1 saturated heterocycles. The quantitative estimate of drug-likeness (QED) is 0.138. The molecule has 1 saturated carbocycles. The lowest BCUT2D eigenvalue weighted by Crippen LogP contribution is -2.56. The SMILES string of the molecule is CCC(=O)NC(C(=O)N1CCC(C(F)(F)F)CC1)C1(c2ccc(NC(=O)C(CCCC(C)CC)NC)c(F)c2)CC1.O=Cc1ccnn1CC(F)F. The number of nitrogens with one attached hydrogen (secondary N) is 3. The van der Waals surface area contributed by atoms with Gasteiger partial charge in [0.1, 0.15) is 24.1 Å². The van der Waals surface area contributed by atoms with Crippen molar-refractivity contribution >= 4 is 29.7 Å². The van der Waals surface area contributed by atoms with Crippen molar-refractivity contribution in [1.82, 2.24) is 25.3 Å². The van der Waals surface area contributed by atoms with Crippen molar-refractivity contribution in [3.05, 3.63) is 47.5 Å². The third-order valence-electron chi connectivity index (χ3n) is 10.0. The largest absolute Gasteiger partial charge is 0.391 e. The molecule has 10 nitrogen and oxygen atoms in total. The van der Waals surface area contributed by atoms with E-state index in [-0.39, 0.29) is 55.5 Å². The second kappa shape index (κ2) is 19.2. The first-order valence-electron chi connectivity index (χ1n) is 17.8. The molecule has 0 radical (unpaired) electrons. The molecular formula is C36H50F6N6O4. The fraction of sp³-hybridized carbons (Fsp3) is 0.639. The average Bonchev–Trinajstić information content (AvgIpc) is 3.80. The Bertz CT molecular complexity index is 1490. The van der Waals surface area contributed by atoms with Gasteiger partial charge >= 0.3 is 6.18 Å². The summed E-state index contributed by atoms with van der Waals surface area (Å²) in [6.07, 6.45) is -0.655.